The van der Waals surface area contributed by atoms with Crippen molar-refractivity contribution in [3.63, 3.8) is 0 Å². The number of hydrogen-bond donors (Lipinski definition) is 3. The van der Waals surface area contributed by atoms with E-state index in [0.717, 1.165) is 11.3 Å². The lowest BCUT2D eigenvalue weighted by Crippen LogP contribution is -2.36. The molecular formula is C12H16N2O3. The lowest BCUT2D eigenvalue weighted by molar-refractivity contribution is -0.139. The summed E-state index contributed by atoms with van der Waals surface area (Å²) in [6.07, 6.45) is 0.545. The Kier molecular flexibility index (Phi) is 3.61. The molecule has 1 aromatic rings. The molecule has 1 saturated heterocycles. The number of aliphatic carboxylic acids is 1. The first-order valence-electron chi connectivity index (χ1n) is 5.67. The summed E-state index contributed by atoms with van der Waals surface area (Å²) < 4.78 is 5.35. The Hall–Kier alpha value is -1.59. The minimum atomic E-state index is -0.828. The van der Waals surface area contributed by atoms with Gasteiger partial charge in [-0.1, -0.05) is 12.1 Å². The second kappa shape index (κ2) is 5.16. The highest BCUT2D eigenvalue weighted by atomic mass is 16.5. The van der Waals surface area contributed by atoms with E-state index in [4.69, 9.17) is 9.84 Å². The molecule has 5 heteroatoms. The minimum Gasteiger partial charge on any atom is -0.494 e. The molecule has 2 atom stereocenters. The second-order valence-corrected chi connectivity index (χ2v) is 3.97. The molecule has 3 N–H and O–H groups in total. The highest BCUT2D eigenvalue weighted by Crippen LogP contribution is 2.24. The van der Waals surface area contributed by atoms with Crippen LogP contribution in [-0.2, 0) is 4.79 Å². The SMILES string of the molecule is CCOc1ccc(C2CC(C(=O)O)NN2)cc1. The van der Waals surface area contributed by atoms with E-state index in [0.29, 0.717) is 13.0 Å². The number of rotatable bonds is 4. The van der Waals surface area contributed by atoms with E-state index in [1.165, 1.54) is 0 Å². The number of hydrazine groups is 1. The monoisotopic (exact) mass is 236 g/mol. The third-order valence-electron chi connectivity index (χ3n) is 2.79. The fourth-order valence-electron chi connectivity index (χ4n) is 1.90. The maximum absolute atomic E-state index is 10.8. The predicted molar refractivity (Wildman–Crippen MR) is 62.7 cm³/mol. The van der Waals surface area contributed by atoms with E-state index in [-0.39, 0.29) is 6.04 Å². The van der Waals surface area contributed by atoms with Crippen LogP contribution in [0.4, 0.5) is 0 Å². The van der Waals surface area contributed by atoms with E-state index in [9.17, 15) is 4.79 Å². The van der Waals surface area contributed by atoms with Gasteiger partial charge in [0, 0.05) is 6.04 Å². The van der Waals surface area contributed by atoms with Crippen molar-refractivity contribution in [3.8, 4) is 5.75 Å². The van der Waals surface area contributed by atoms with E-state index in [1.54, 1.807) is 0 Å². The second-order valence-electron chi connectivity index (χ2n) is 3.97. The molecule has 0 aliphatic carbocycles. The Labute approximate surface area is 99.8 Å². The van der Waals surface area contributed by atoms with Crippen LogP contribution in [0.25, 0.3) is 0 Å². The summed E-state index contributed by atoms with van der Waals surface area (Å²) >= 11 is 0. The van der Waals surface area contributed by atoms with Crippen LogP contribution in [0.3, 0.4) is 0 Å². The van der Waals surface area contributed by atoms with Gasteiger partial charge in [0.05, 0.1) is 6.61 Å². The standard InChI is InChI=1S/C12H16N2O3/c1-2-17-9-5-3-8(4-6-9)10-7-11(12(15)16)14-13-10/h3-6,10-11,13-14H,2,7H2,1H3,(H,15,16). The maximum atomic E-state index is 10.8. The summed E-state index contributed by atoms with van der Waals surface area (Å²) in [6, 6.07) is 7.21. The number of nitrogens with one attached hydrogen (secondary N) is 2. The van der Waals surface area contributed by atoms with Crippen LogP contribution in [0.15, 0.2) is 24.3 Å². The van der Waals surface area contributed by atoms with Crippen molar-refractivity contribution in [2.45, 2.75) is 25.4 Å². The van der Waals surface area contributed by atoms with Crippen molar-refractivity contribution in [3.05, 3.63) is 29.8 Å². The fraction of sp³-hybridized carbons (Fsp3) is 0.417. The average molecular weight is 236 g/mol. The zero-order valence-corrected chi connectivity index (χ0v) is 9.64. The van der Waals surface area contributed by atoms with Crippen LogP contribution < -0.4 is 15.6 Å². The summed E-state index contributed by atoms with van der Waals surface area (Å²) in [4.78, 5) is 10.8. The molecule has 1 aliphatic rings. The van der Waals surface area contributed by atoms with Crippen LogP contribution in [0.2, 0.25) is 0 Å². The van der Waals surface area contributed by atoms with Gasteiger partial charge < -0.3 is 9.84 Å². The van der Waals surface area contributed by atoms with Gasteiger partial charge in [0.15, 0.2) is 0 Å². The van der Waals surface area contributed by atoms with Gasteiger partial charge in [-0.05, 0) is 31.0 Å². The third-order valence-corrected chi connectivity index (χ3v) is 2.79. The quantitative estimate of drug-likeness (QED) is 0.729. The van der Waals surface area contributed by atoms with Gasteiger partial charge in [-0.3, -0.25) is 4.79 Å². The largest absolute Gasteiger partial charge is 0.494 e. The number of carbonyl (C=O) groups is 1. The molecule has 1 aliphatic heterocycles. The number of carboxylic acids is 1. The Bertz CT molecular complexity index is 391. The van der Waals surface area contributed by atoms with Crippen LogP contribution >= 0.6 is 0 Å². The van der Waals surface area contributed by atoms with Gasteiger partial charge in [-0.2, -0.15) is 0 Å². The van der Waals surface area contributed by atoms with Gasteiger partial charge in [-0.15, -0.1) is 0 Å². The fourth-order valence-corrected chi connectivity index (χ4v) is 1.90. The zero-order chi connectivity index (χ0) is 12.3. The van der Waals surface area contributed by atoms with Crippen molar-refractivity contribution < 1.29 is 14.6 Å². The summed E-state index contributed by atoms with van der Waals surface area (Å²) in [7, 11) is 0. The van der Waals surface area contributed by atoms with Crippen molar-refractivity contribution >= 4 is 5.97 Å². The highest BCUT2D eigenvalue weighted by molar-refractivity contribution is 5.73. The summed E-state index contributed by atoms with van der Waals surface area (Å²) in [5.41, 5.74) is 6.81. The topological polar surface area (TPSA) is 70.6 Å². The lowest BCUT2D eigenvalue weighted by atomic mass is 10.0. The number of hydrogen-bond acceptors (Lipinski definition) is 4. The molecule has 1 aromatic carbocycles. The van der Waals surface area contributed by atoms with Crippen molar-refractivity contribution in [1.29, 1.82) is 0 Å². The van der Waals surface area contributed by atoms with E-state index < -0.39 is 12.0 Å². The first kappa shape index (κ1) is 11.9. The van der Waals surface area contributed by atoms with Crippen molar-refractivity contribution in [2.75, 3.05) is 6.61 Å². The van der Waals surface area contributed by atoms with Crippen LogP contribution in [0, 0.1) is 0 Å². The lowest BCUT2D eigenvalue weighted by Gasteiger charge is -2.10. The molecule has 0 spiro atoms. The first-order valence-corrected chi connectivity index (χ1v) is 5.67. The van der Waals surface area contributed by atoms with Crippen LogP contribution in [0.1, 0.15) is 24.9 Å². The molecule has 92 valence electrons. The van der Waals surface area contributed by atoms with Crippen LogP contribution in [-0.4, -0.2) is 23.7 Å². The molecule has 0 saturated carbocycles. The molecule has 0 radical (unpaired) electrons. The molecule has 1 fully saturated rings. The Morgan fingerprint density at radius 1 is 1.41 bits per heavy atom. The Morgan fingerprint density at radius 2 is 2.12 bits per heavy atom. The number of ether oxygens (including phenoxy) is 1. The smallest absolute Gasteiger partial charge is 0.322 e. The average Bonchev–Trinajstić information content (AvgIpc) is 2.80. The van der Waals surface area contributed by atoms with Gasteiger partial charge in [0.25, 0.3) is 0 Å². The first-order chi connectivity index (χ1) is 8.20. The summed E-state index contributed by atoms with van der Waals surface area (Å²) in [5, 5.41) is 8.87. The molecule has 2 unspecified atom stereocenters. The molecule has 5 nitrogen and oxygen atoms in total. The summed E-state index contributed by atoms with van der Waals surface area (Å²) in [5.74, 6) is 0.00271. The van der Waals surface area contributed by atoms with Crippen molar-refractivity contribution in [2.24, 2.45) is 0 Å². The number of carboxylic acid groups (broad SMARTS) is 1. The molecule has 0 aromatic heterocycles. The highest BCUT2D eigenvalue weighted by Gasteiger charge is 2.29. The summed E-state index contributed by atoms with van der Waals surface area (Å²) in [6.45, 7) is 2.58. The van der Waals surface area contributed by atoms with Crippen molar-refractivity contribution in [1.82, 2.24) is 10.9 Å². The maximum Gasteiger partial charge on any atom is 0.322 e. The zero-order valence-electron chi connectivity index (χ0n) is 9.64. The third kappa shape index (κ3) is 2.75. The van der Waals surface area contributed by atoms with Gasteiger partial charge in [0.2, 0.25) is 0 Å². The molecule has 1 heterocycles. The van der Waals surface area contributed by atoms with Gasteiger partial charge in [-0.25, -0.2) is 10.9 Å². The minimum absolute atomic E-state index is 0.0341. The predicted octanol–water partition coefficient (Wildman–Crippen LogP) is 1.08. The normalized spacial score (nSPS) is 23.6. The van der Waals surface area contributed by atoms with Gasteiger partial charge in [0.1, 0.15) is 11.8 Å². The molecule has 0 amide bonds. The van der Waals surface area contributed by atoms with Crippen LogP contribution in [0.5, 0.6) is 5.75 Å². The Morgan fingerprint density at radius 3 is 2.65 bits per heavy atom. The molecule has 17 heavy (non-hydrogen) atoms. The van der Waals surface area contributed by atoms with E-state index >= 15 is 0 Å². The van der Waals surface area contributed by atoms with Gasteiger partial charge >= 0.3 is 5.97 Å². The molecular weight excluding hydrogens is 220 g/mol. The molecule has 0 bridgehead atoms. The number of benzene rings is 1. The van der Waals surface area contributed by atoms with E-state index in [1.807, 2.05) is 31.2 Å². The Balaban J connectivity index is 2.01. The van der Waals surface area contributed by atoms with E-state index in [2.05, 4.69) is 10.9 Å². The molecule has 2 rings (SSSR count).